The summed E-state index contributed by atoms with van der Waals surface area (Å²) in [5.74, 6) is 6.12. The van der Waals surface area contributed by atoms with Crippen molar-refractivity contribution in [3.05, 3.63) is 59.7 Å². The van der Waals surface area contributed by atoms with Gasteiger partial charge in [-0.25, -0.2) is 0 Å². The molecule has 1 atom stereocenters. The molecule has 4 heteroatoms. The fourth-order valence-corrected chi connectivity index (χ4v) is 2.55. The van der Waals surface area contributed by atoms with Gasteiger partial charge in [0, 0.05) is 0 Å². The Bertz CT molecular complexity index is 780. The van der Waals surface area contributed by atoms with Crippen LogP contribution in [0.2, 0.25) is 0 Å². The van der Waals surface area contributed by atoms with E-state index in [-0.39, 0.29) is 5.56 Å². The van der Waals surface area contributed by atoms with Gasteiger partial charge in [0.2, 0.25) is 0 Å². The van der Waals surface area contributed by atoms with E-state index in [2.05, 4.69) is 35.7 Å². The zero-order chi connectivity index (χ0) is 17.7. The maximum absolute atomic E-state index is 13.4. The van der Waals surface area contributed by atoms with E-state index in [4.69, 9.17) is 0 Å². The minimum atomic E-state index is -4.42. The molecule has 0 saturated heterocycles. The van der Waals surface area contributed by atoms with Gasteiger partial charge in [0.25, 0.3) is 0 Å². The molecule has 24 heavy (non-hydrogen) atoms. The SMILES string of the molecule is CCC(C)[C](=[V])C#Cc1ccc(-c2ccccc2)c(C(F)(F)F)c1. The molecule has 0 aromatic heterocycles. The summed E-state index contributed by atoms with van der Waals surface area (Å²) in [6.07, 6.45) is -3.48. The first-order chi connectivity index (χ1) is 11.3. The van der Waals surface area contributed by atoms with E-state index in [1.807, 2.05) is 6.92 Å². The Balaban J connectivity index is 2.45. The molecule has 2 aromatic rings. The molecular weight excluding hydrogens is 348 g/mol. The predicted molar refractivity (Wildman–Crippen MR) is 88.2 cm³/mol. The number of hydrogen-bond acceptors (Lipinski definition) is 0. The van der Waals surface area contributed by atoms with Crippen molar-refractivity contribution in [2.45, 2.75) is 26.4 Å². The minimum absolute atomic E-state index is 0.173. The summed E-state index contributed by atoms with van der Waals surface area (Å²) >= 11 is 2.41. The monoisotopic (exact) mass is 365 g/mol. The van der Waals surface area contributed by atoms with Crippen molar-refractivity contribution in [3.63, 3.8) is 0 Å². The zero-order valence-electron chi connectivity index (χ0n) is 13.5. The fourth-order valence-electron chi connectivity index (χ4n) is 2.18. The molecule has 0 bridgehead atoms. The summed E-state index contributed by atoms with van der Waals surface area (Å²) in [6, 6.07) is 12.9. The van der Waals surface area contributed by atoms with Crippen LogP contribution >= 0.6 is 0 Å². The third-order valence-electron chi connectivity index (χ3n) is 3.82. The Morgan fingerprint density at radius 2 is 1.79 bits per heavy atom. The Labute approximate surface area is 149 Å². The summed E-state index contributed by atoms with van der Waals surface area (Å²) < 4.78 is 41.2. The summed E-state index contributed by atoms with van der Waals surface area (Å²) in [6.45, 7) is 4.10. The number of alkyl halides is 3. The van der Waals surface area contributed by atoms with E-state index in [9.17, 15) is 13.2 Å². The van der Waals surface area contributed by atoms with Gasteiger partial charge in [-0.2, -0.15) is 0 Å². The van der Waals surface area contributed by atoms with Crippen LogP contribution < -0.4 is 0 Å². The fraction of sp³-hybridized carbons (Fsp3) is 0.250. The number of rotatable bonds is 3. The molecule has 0 N–H and O–H groups in total. The molecule has 0 nitrogen and oxygen atoms in total. The van der Waals surface area contributed by atoms with Crippen LogP contribution in [0.25, 0.3) is 11.1 Å². The van der Waals surface area contributed by atoms with Gasteiger partial charge >= 0.3 is 149 Å². The van der Waals surface area contributed by atoms with Crippen molar-refractivity contribution in [2.24, 2.45) is 5.92 Å². The van der Waals surface area contributed by atoms with Crippen LogP contribution in [0.1, 0.15) is 31.4 Å². The van der Waals surface area contributed by atoms with E-state index in [1.54, 1.807) is 36.4 Å². The van der Waals surface area contributed by atoms with Gasteiger partial charge in [0.15, 0.2) is 0 Å². The first-order valence-electron chi connectivity index (χ1n) is 7.67. The topological polar surface area (TPSA) is 0 Å². The van der Waals surface area contributed by atoms with Crippen LogP contribution in [0.3, 0.4) is 0 Å². The molecular formula is C20H17F3V. The van der Waals surface area contributed by atoms with Crippen LogP contribution in [0.15, 0.2) is 48.5 Å². The Hall–Kier alpha value is -1.76. The number of hydrogen-bond donors (Lipinski definition) is 0. The molecule has 2 aromatic carbocycles. The Kier molecular flexibility index (Phi) is 6.10. The Morgan fingerprint density at radius 1 is 1.12 bits per heavy atom. The van der Waals surface area contributed by atoms with Gasteiger partial charge in [0.1, 0.15) is 0 Å². The van der Waals surface area contributed by atoms with Crippen molar-refractivity contribution in [1.82, 2.24) is 0 Å². The summed E-state index contributed by atoms with van der Waals surface area (Å²) in [4.78, 5) is 0. The summed E-state index contributed by atoms with van der Waals surface area (Å²) in [5, 5.41) is 0. The van der Waals surface area contributed by atoms with Gasteiger partial charge in [0.05, 0.1) is 0 Å². The van der Waals surface area contributed by atoms with Crippen molar-refractivity contribution >= 4 is 4.23 Å². The molecule has 0 aliphatic heterocycles. The first kappa shape index (κ1) is 18.6. The molecule has 1 unspecified atom stereocenters. The number of benzene rings is 2. The van der Waals surface area contributed by atoms with Gasteiger partial charge in [-0.3, -0.25) is 0 Å². The van der Waals surface area contributed by atoms with Gasteiger partial charge in [-0.05, 0) is 0 Å². The van der Waals surface area contributed by atoms with Crippen molar-refractivity contribution in [1.29, 1.82) is 0 Å². The number of halogens is 3. The molecule has 0 spiro atoms. The molecule has 0 heterocycles. The molecule has 0 radical (unpaired) electrons. The van der Waals surface area contributed by atoms with E-state index in [0.717, 1.165) is 16.7 Å². The van der Waals surface area contributed by atoms with Crippen molar-refractivity contribution < 1.29 is 30.2 Å². The summed E-state index contributed by atoms with van der Waals surface area (Å²) in [7, 11) is 0. The standard InChI is InChI=1S/C20H17F3.V/c1-3-15(2)8-7-9-16-12-13-18(17-10-5-4-6-11-17)19(14-16)20(21,22)23;/h4-6,10-15H,3H2,1-2H3;. The van der Waals surface area contributed by atoms with Gasteiger partial charge in [-0.15, -0.1) is 0 Å². The van der Waals surface area contributed by atoms with Crippen LogP contribution in [0.4, 0.5) is 13.2 Å². The molecule has 0 fully saturated rings. The van der Waals surface area contributed by atoms with Crippen molar-refractivity contribution in [2.75, 3.05) is 0 Å². The molecule has 0 aliphatic carbocycles. The molecule has 123 valence electrons. The molecule has 0 saturated carbocycles. The van der Waals surface area contributed by atoms with Gasteiger partial charge < -0.3 is 0 Å². The van der Waals surface area contributed by atoms with E-state index in [0.29, 0.717) is 17.0 Å². The maximum atomic E-state index is 13.4. The van der Waals surface area contributed by atoms with E-state index in [1.165, 1.54) is 6.07 Å². The van der Waals surface area contributed by atoms with Gasteiger partial charge in [-0.1, -0.05) is 0 Å². The normalized spacial score (nSPS) is 12.2. The van der Waals surface area contributed by atoms with Crippen LogP contribution in [0.5, 0.6) is 0 Å². The quantitative estimate of drug-likeness (QED) is 0.631. The average Bonchev–Trinajstić information content (AvgIpc) is 2.58. The van der Waals surface area contributed by atoms with Crippen LogP contribution in [-0.4, -0.2) is 4.23 Å². The average molecular weight is 365 g/mol. The third-order valence-corrected chi connectivity index (χ3v) is 4.69. The third kappa shape index (κ3) is 4.63. The molecule has 2 rings (SSSR count). The summed E-state index contributed by atoms with van der Waals surface area (Å²) in [5.41, 5.74) is 0.431. The molecule has 0 amide bonds. The second-order valence-electron chi connectivity index (χ2n) is 5.57. The zero-order valence-corrected chi connectivity index (χ0v) is 14.9. The Morgan fingerprint density at radius 3 is 2.38 bits per heavy atom. The van der Waals surface area contributed by atoms with Crippen LogP contribution in [0, 0.1) is 17.8 Å². The second-order valence-corrected chi connectivity index (χ2v) is 6.32. The predicted octanol–water partition coefficient (Wildman–Crippen LogP) is 5.49. The van der Waals surface area contributed by atoms with E-state index >= 15 is 0 Å². The molecule has 0 aliphatic rings. The van der Waals surface area contributed by atoms with Crippen LogP contribution in [-0.2, 0) is 23.2 Å². The van der Waals surface area contributed by atoms with E-state index < -0.39 is 11.7 Å². The second kappa shape index (κ2) is 7.88. The first-order valence-corrected chi connectivity index (χ1v) is 8.37. The van der Waals surface area contributed by atoms with Crippen molar-refractivity contribution in [3.8, 4) is 23.0 Å².